The molecule has 1 aromatic heterocycles. The van der Waals surface area contributed by atoms with Crippen molar-refractivity contribution in [3.8, 4) is 0 Å². The molecule has 0 aliphatic carbocycles. The number of hydrogen-bond acceptors (Lipinski definition) is 4. The Kier molecular flexibility index (Phi) is 4.24. The minimum atomic E-state index is -0.383. The fourth-order valence-electron chi connectivity index (χ4n) is 1.43. The van der Waals surface area contributed by atoms with Crippen LogP contribution < -0.4 is 5.48 Å². The van der Waals surface area contributed by atoms with Crippen molar-refractivity contribution in [3.63, 3.8) is 0 Å². The van der Waals surface area contributed by atoms with Gasteiger partial charge in [0.2, 0.25) is 0 Å². The Morgan fingerprint density at radius 1 is 1.44 bits per heavy atom. The lowest BCUT2D eigenvalue weighted by molar-refractivity contribution is 0.00915. The van der Waals surface area contributed by atoms with Gasteiger partial charge in [-0.1, -0.05) is 6.07 Å². The first-order valence-electron chi connectivity index (χ1n) is 5.31. The first kappa shape index (κ1) is 12.9. The number of carbonyl (C=O) groups is 1. The molecule has 4 nitrogen and oxygen atoms in total. The van der Waals surface area contributed by atoms with Crippen LogP contribution in [-0.2, 0) is 9.57 Å². The van der Waals surface area contributed by atoms with Gasteiger partial charge in [0.05, 0.1) is 18.1 Å². The van der Waals surface area contributed by atoms with Gasteiger partial charge in [0.25, 0.3) is 5.91 Å². The van der Waals surface area contributed by atoms with Crippen LogP contribution in [0.3, 0.4) is 0 Å². The molecule has 1 amide bonds. The Bertz CT molecular complexity index is 555. The molecule has 0 saturated carbocycles. The summed E-state index contributed by atoms with van der Waals surface area (Å²) >= 11 is 1.22. The van der Waals surface area contributed by atoms with Crippen LogP contribution in [0, 0.1) is 5.82 Å². The second kappa shape index (κ2) is 5.90. The van der Waals surface area contributed by atoms with Crippen molar-refractivity contribution in [3.05, 3.63) is 35.0 Å². The van der Waals surface area contributed by atoms with Gasteiger partial charge in [0, 0.05) is 17.2 Å². The first-order chi connectivity index (χ1) is 8.72. The van der Waals surface area contributed by atoms with Crippen LogP contribution in [0.5, 0.6) is 0 Å². The van der Waals surface area contributed by atoms with Gasteiger partial charge in [-0.25, -0.2) is 9.87 Å². The standard InChI is InChI=1S/C12H12FNO3S/c1-16-5-6-17-14-12(15)11-7-8-9(13)3-2-4-10(8)18-11/h2-4,7H,5-6H2,1H3,(H,14,15). The number of nitrogens with one attached hydrogen (secondary N) is 1. The van der Waals surface area contributed by atoms with Gasteiger partial charge in [-0.15, -0.1) is 11.3 Å². The van der Waals surface area contributed by atoms with Crippen molar-refractivity contribution < 1.29 is 18.8 Å². The Balaban J connectivity index is 2.06. The molecular formula is C12H12FNO3S. The molecule has 0 aliphatic rings. The minimum Gasteiger partial charge on any atom is -0.382 e. The molecule has 1 aromatic carbocycles. The fraction of sp³-hybridized carbons (Fsp3) is 0.250. The van der Waals surface area contributed by atoms with E-state index in [-0.39, 0.29) is 18.3 Å². The number of hydrogen-bond donors (Lipinski definition) is 1. The maximum absolute atomic E-state index is 13.4. The summed E-state index contributed by atoms with van der Waals surface area (Å²) in [6.45, 7) is 0.656. The zero-order valence-electron chi connectivity index (χ0n) is 9.73. The summed E-state index contributed by atoms with van der Waals surface area (Å²) in [5.74, 6) is -0.713. The highest BCUT2D eigenvalue weighted by atomic mass is 32.1. The summed E-state index contributed by atoms with van der Waals surface area (Å²) in [4.78, 5) is 17.0. The SMILES string of the molecule is COCCONC(=O)c1cc2c(F)cccc2s1. The maximum Gasteiger partial charge on any atom is 0.284 e. The summed E-state index contributed by atoms with van der Waals surface area (Å²) in [6.07, 6.45) is 0. The normalized spacial score (nSPS) is 10.8. The average Bonchev–Trinajstić information content (AvgIpc) is 2.80. The largest absolute Gasteiger partial charge is 0.382 e. The number of hydroxylamine groups is 1. The van der Waals surface area contributed by atoms with Crippen molar-refractivity contribution in [1.82, 2.24) is 5.48 Å². The molecule has 1 N–H and O–H groups in total. The van der Waals surface area contributed by atoms with E-state index in [1.165, 1.54) is 23.5 Å². The number of benzene rings is 1. The summed E-state index contributed by atoms with van der Waals surface area (Å²) in [5.41, 5.74) is 2.28. The molecular weight excluding hydrogens is 257 g/mol. The second-order valence-corrected chi connectivity index (χ2v) is 4.62. The Morgan fingerprint density at radius 2 is 2.28 bits per heavy atom. The molecule has 0 spiro atoms. The van der Waals surface area contributed by atoms with E-state index < -0.39 is 0 Å². The smallest absolute Gasteiger partial charge is 0.284 e. The van der Waals surface area contributed by atoms with Crippen LogP contribution in [0.4, 0.5) is 4.39 Å². The number of thiophene rings is 1. The highest BCUT2D eigenvalue weighted by molar-refractivity contribution is 7.20. The minimum absolute atomic E-state index is 0.265. The van der Waals surface area contributed by atoms with Crippen molar-refractivity contribution in [1.29, 1.82) is 0 Å². The monoisotopic (exact) mass is 269 g/mol. The number of rotatable bonds is 5. The molecule has 2 aromatic rings. The van der Waals surface area contributed by atoms with E-state index in [1.54, 1.807) is 19.2 Å². The molecule has 0 atom stereocenters. The van der Waals surface area contributed by atoms with Crippen molar-refractivity contribution >= 4 is 27.3 Å². The summed E-state index contributed by atoms with van der Waals surface area (Å²) in [7, 11) is 1.54. The molecule has 0 fully saturated rings. The lowest BCUT2D eigenvalue weighted by Crippen LogP contribution is -2.24. The lowest BCUT2D eigenvalue weighted by atomic mass is 10.2. The van der Waals surface area contributed by atoms with Gasteiger partial charge in [0.1, 0.15) is 5.82 Å². The lowest BCUT2D eigenvalue weighted by Gasteiger charge is -2.02. The summed E-state index contributed by atoms with van der Waals surface area (Å²) in [6, 6.07) is 6.27. The summed E-state index contributed by atoms with van der Waals surface area (Å²) in [5, 5.41) is 0.449. The topological polar surface area (TPSA) is 47.6 Å². The zero-order chi connectivity index (χ0) is 13.0. The van der Waals surface area contributed by atoms with E-state index >= 15 is 0 Å². The summed E-state index contributed by atoms with van der Waals surface area (Å²) < 4.78 is 18.9. The second-order valence-electron chi connectivity index (χ2n) is 3.53. The van der Waals surface area contributed by atoms with Crippen molar-refractivity contribution in [2.75, 3.05) is 20.3 Å². The fourth-order valence-corrected chi connectivity index (χ4v) is 2.39. The van der Waals surface area contributed by atoms with E-state index in [1.807, 2.05) is 0 Å². The van der Waals surface area contributed by atoms with Gasteiger partial charge in [-0.05, 0) is 18.2 Å². The third-order valence-electron chi connectivity index (χ3n) is 2.29. The molecule has 0 bridgehead atoms. The Hall–Kier alpha value is -1.50. The van der Waals surface area contributed by atoms with E-state index in [9.17, 15) is 9.18 Å². The number of fused-ring (bicyclic) bond motifs is 1. The molecule has 0 radical (unpaired) electrons. The van der Waals surface area contributed by atoms with Crippen LogP contribution in [-0.4, -0.2) is 26.2 Å². The van der Waals surface area contributed by atoms with Gasteiger partial charge in [-0.3, -0.25) is 9.63 Å². The number of carbonyl (C=O) groups excluding carboxylic acids is 1. The third-order valence-corrected chi connectivity index (χ3v) is 3.39. The van der Waals surface area contributed by atoms with Crippen molar-refractivity contribution in [2.45, 2.75) is 0 Å². The van der Waals surface area contributed by atoms with Crippen LogP contribution >= 0.6 is 11.3 Å². The number of amides is 1. The predicted octanol–water partition coefficient (Wildman–Crippen LogP) is 2.35. The van der Waals surface area contributed by atoms with Crippen molar-refractivity contribution in [2.24, 2.45) is 0 Å². The molecule has 1 heterocycles. The molecule has 18 heavy (non-hydrogen) atoms. The maximum atomic E-state index is 13.4. The zero-order valence-corrected chi connectivity index (χ0v) is 10.6. The molecule has 0 aliphatic heterocycles. The first-order valence-corrected chi connectivity index (χ1v) is 6.13. The highest BCUT2D eigenvalue weighted by Crippen LogP contribution is 2.27. The van der Waals surface area contributed by atoms with Gasteiger partial charge in [0.15, 0.2) is 0 Å². The van der Waals surface area contributed by atoms with Gasteiger partial charge >= 0.3 is 0 Å². The quantitative estimate of drug-likeness (QED) is 0.669. The number of ether oxygens (including phenoxy) is 1. The highest BCUT2D eigenvalue weighted by Gasteiger charge is 2.12. The molecule has 6 heteroatoms. The van der Waals surface area contributed by atoms with E-state index in [4.69, 9.17) is 9.57 Å². The van der Waals surface area contributed by atoms with Crippen LogP contribution in [0.25, 0.3) is 10.1 Å². The predicted molar refractivity (Wildman–Crippen MR) is 67.1 cm³/mol. The molecule has 0 saturated heterocycles. The van der Waals surface area contributed by atoms with Gasteiger partial charge in [-0.2, -0.15) is 0 Å². The number of halogens is 1. The van der Waals surface area contributed by atoms with E-state index in [2.05, 4.69) is 5.48 Å². The van der Waals surface area contributed by atoms with E-state index in [0.29, 0.717) is 16.9 Å². The molecule has 96 valence electrons. The Morgan fingerprint density at radius 3 is 3.00 bits per heavy atom. The van der Waals surface area contributed by atoms with Crippen LogP contribution in [0.1, 0.15) is 9.67 Å². The Labute approximate surface area is 107 Å². The molecule has 2 rings (SSSR count). The molecule has 0 unspecified atom stereocenters. The average molecular weight is 269 g/mol. The van der Waals surface area contributed by atoms with E-state index in [0.717, 1.165) is 4.70 Å². The van der Waals surface area contributed by atoms with Crippen LogP contribution in [0.15, 0.2) is 24.3 Å². The van der Waals surface area contributed by atoms with Gasteiger partial charge < -0.3 is 4.74 Å². The number of methoxy groups -OCH3 is 1. The third kappa shape index (κ3) is 2.84. The van der Waals surface area contributed by atoms with Crippen LogP contribution in [0.2, 0.25) is 0 Å².